The highest BCUT2D eigenvalue weighted by Crippen LogP contribution is 2.46. The second-order valence-corrected chi connectivity index (χ2v) is 8.69. The first-order valence-corrected chi connectivity index (χ1v) is 10.8. The largest absolute Gasteiger partial charge is 0.452 e. The Labute approximate surface area is 198 Å². The lowest BCUT2D eigenvalue weighted by atomic mass is 10.0. The number of rotatable bonds is 3. The van der Waals surface area contributed by atoms with Gasteiger partial charge in [0.25, 0.3) is 5.91 Å². The number of hydrogen-bond donors (Lipinski definition) is 2. The molecule has 176 valence electrons. The molecule has 14 heteroatoms. The fourth-order valence-electron chi connectivity index (χ4n) is 3.40. The number of benzene rings is 1. The van der Waals surface area contributed by atoms with Gasteiger partial charge in [0.15, 0.2) is 16.4 Å². The molecule has 3 aromatic rings. The number of carbonyl (C=O) groups excluding carboxylic acids is 1. The molecule has 0 radical (unpaired) electrons. The molecule has 2 aromatic heterocycles. The van der Waals surface area contributed by atoms with Crippen LogP contribution in [0.25, 0.3) is 0 Å². The summed E-state index contributed by atoms with van der Waals surface area (Å²) < 4.78 is 86.5. The molecule has 0 aliphatic carbocycles. The van der Waals surface area contributed by atoms with Crippen molar-refractivity contribution in [1.29, 1.82) is 0 Å². The number of anilines is 2. The SMILES string of the molecule is O=C(Nc1cccc(C(F)(F)F)c1)c1nn2c(c1Br)N[C@@H](c1ccc(Br)o1)C[C@H]2C(F)(F)F. The molecule has 6 nitrogen and oxygen atoms in total. The minimum atomic E-state index is -4.70. The van der Waals surface area contributed by atoms with Gasteiger partial charge in [0.05, 0.1) is 16.1 Å². The molecule has 0 fully saturated rings. The molecule has 0 bridgehead atoms. The van der Waals surface area contributed by atoms with Crippen molar-refractivity contribution in [2.24, 2.45) is 0 Å². The van der Waals surface area contributed by atoms with Crippen LogP contribution in [0, 0.1) is 0 Å². The van der Waals surface area contributed by atoms with Crippen LogP contribution in [0.5, 0.6) is 0 Å². The van der Waals surface area contributed by atoms with Gasteiger partial charge in [-0.1, -0.05) is 6.07 Å². The highest BCUT2D eigenvalue weighted by atomic mass is 79.9. The van der Waals surface area contributed by atoms with Gasteiger partial charge in [0.1, 0.15) is 11.6 Å². The normalized spacial score (nSPS) is 18.5. The number of nitrogens with zero attached hydrogens (tertiary/aromatic N) is 2. The summed E-state index contributed by atoms with van der Waals surface area (Å²) >= 11 is 6.21. The van der Waals surface area contributed by atoms with Gasteiger partial charge in [-0.05, 0) is 62.2 Å². The molecule has 33 heavy (non-hydrogen) atoms. The van der Waals surface area contributed by atoms with E-state index in [1.54, 1.807) is 0 Å². The van der Waals surface area contributed by atoms with Gasteiger partial charge < -0.3 is 15.1 Å². The van der Waals surface area contributed by atoms with Crippen molar-refractivity contribution in [3.8, 4) is 0 Å². The summed E-state index contributed by atoms with van der Waals surface area (Å²) in [5.41, 5.74) is -1.61. The third-order valence-electron chi connectivity index (χ3n) is 4.90. The Morgan fingerprint density at radius 3 is 2.48 bits per heavy atom. The van der Waals surface area contributed by atoms with Gasteiger partial charge in [-0.2, -0.15) is 31.4 Å². The molecule has 2 atom stereocenters. The Hall–Kier alpha value is -2.48. The average molecular weight is 602 g/mol. The van der Waals surface area contributed by atoms with Gasteiger partial charge in [-0.25, -0.2) is 4.68 Å². The van der Waals surface area contributed by atoms with E-state index in [9.17, 15) is 31.1 Å². The van der Waals surface area contributed by atoms with Crippen molar-refractivity contribution in [3.05, 3.63) is 62.6 Å². The van der Waals surface area contributed by atoms with Crippen LogP contribution < -0.4 is 10.6 Å². The van der Waals surface area contributed by atoms with Crippen LogP contribution in [0.15, 0.2) is 50.0 Å². The summed E-state index contributed by atoms with van der Waals surface area (Å²) in [5.74, 6) is -0.858. The number of fused-ring (bicyclic) bond motifs is 1. The standard InChI is InChI=1S/C19H12Br2F6N4O2/c20-13-5-4-11(33-13)10-7-12(19(25,26)27)31-16(29-10)14(21)15(30-31)17(32)28-9-3-1-2-8(6-9)18(22,23)24/h1-6,10,12,29H,7H2,(H,28,32)/t10-,12+/m1/s1. The molecular formula is C19H12Br2F6N4O2. The number of hydrogen-bond acceptors (Lipinski definition) is 4. The first-order valence-electron chi connectivity index (χ1n) is 9.19. The number of aromatic nitrogens is 2. The highest BCUT2D eigenvalue weighted by Gasteiger charge is 2.48. The number of halogens is 8. The van der Waals surface area contributed by atoms with Crippen LogP contribution >= 0.6 is 31.9 Å². The van der Waals surface area contributed by atoms with Crippen molar-refractivity contribution in [1.82, 2.24) is 9.78 Å². The highest BCUT2D eigenvalue weighted by molar-refractivity contribution is 9.10. The van der Waals surface area contributed by atoms with E-state index in [-0.39, 0.29) is 21.7 Å². The fraction of sp³-hybridized carbons (Fsp3) is 0.263. The van der Waals surface area contributed by atoms with Crippen LogP contribution in [0.2, 0.25) is 0 Å². The first-order chi connectivity index (χ1) is 15.3. The number of carbonyl (C=O) groups is 1. The van der Waals surface area contributed by atoms with E-state index in [1.807, 2.05) is 0 Å². The van der Waals surface area contributed by atoms with E-state index < -0.39 is 48.0 Å². The molecule has 1 aliphatic heterocycles. The van der Waals surface area contributed by atoms with Crippen molar-refractivity contribution >= 4 is 49.3 Å². The fourth-order valence-corrected chi connectivity index (χ4v) is 4.27. The number of amides is 1. The van der Waals surface area contributed by atoms with Crippen LogP contribution in [-0.2, 0) is 6.18 Å². The maximum absolute atomic E-state index is 13.8. The topological polar surface area (TPSA) is 72.1 Å². The lowest BCUT2D eigenvalue weighted by molar-refractivity contribution is -0.174. The molecule has 0 unspecified atom stereocenters. The van der Waals surface area contributed by atoms with Crippen LogP contribution in [0.1, 0.15) is 40.3 Å². The van der Waals surface area contributed by atoms with Crippen LogP contribution in [0.3, 0.4) is 0 Å². The van der Waals surface area contributed by atoms with Crippen molar-refractivity contribution < 1.29 is 35.6 Å². The summed E-state index contributed by atoms with van der Waals surface area (Å²) in [6.07, 6.45) is -9.78. The Morgan fingerprint density at radius 1 is 1.15 bits per heavy atom. The average Bonchev–Trinajstić information content (AvgIpc) is 3.30. The van der Waals surface area contributed by atoms with Gasteiger partial charge in [-0.3, -0.25) is 4.79 Å². The monoisotopic (exact) mass is 600 g/mol. The first kappa shape index (κ1) is 23.7. The third kappa shape index (κ3) is 4.76. The summed E-state index contributed by atoms with van der Waals surface area (Å²) in [7, 11) is 0. The van der Waals surface area contributed by atoms with Crippen molar-refractivity contribution in [2.75, 3.05) is 10.6 Å². The summed E-state index contributed by atoms with van der Waals surface area (Å²) in [5, 5.41) is 8.93. The molecule has 0 spiro atoms. The summed E-state index contributed by atoms with van der Waals surface area (Å²) in [4.78, 5) is 12.7. The maximum Gasteiger partial charge on any atom is 0.416 e. The summed E-state index contributed by atoms with van der Waals surface area (Å²) in [6.45, 7) is 0. The van der Waals surface area contributed by atoms with Gasteiger partial charge in [0, 0.05) is 12.1 Å². The minimum absolute atomic E-state index is 0.0726. The van der Waals surface area contributed by atoms with Gasteiger partial charge in [0.2, 0.25) is 0 Å². The Morgan fingerprint density at radius 2 is 1.88 bits per heavy atom. The molecule has 1 aliphatic rings. The van der Waals surface area contributed by atoms with E-state index in [4.69, 9.17) is 4.42 Å². The Kier molecular flexibility index (Phi) is 6.01. The predicted molar refractivity (Wildman–Crippen MR) is 112 cm³/mol. The van der Waals surface area contributed by atoms with Gasteiger partial charge in [-0.15, -0.1) is 0 Å². The minimum Gasteiger partial charge on any atom is -0.452 e. The molecule has 2 N–H and O–H groups in total. The molecular weight excluding hydrogens is 590 g/mol. The zero-order valence-corrected chi connectivity index (χ0v) is 19.2. The van der Waals surface area contributed by atoms with Crippen LogP contribution in [-0.4, -0.2) is 21.9 Å². The smallest absolute Gasteiger partial charge is 0.416 e. The molecule has 1 aromatic carbocycles. The molecule has 1 amide bonds. The zero-order valence-electron chi connectivity index (χ0n) is 16.1. The Bertz CT molecular complexity index is 1200. The molecule has 0 saturated heterocycles. The zero-order chi connectivity index (χ0) is 24.1. The Balaban J connectivity index is 1.67. The van der Waals surface area contributed by atoms with Gasteiger partial charge >= 0.3 is 12.4 Å². The lowest BCUT2D eigenvalue weighted by Crippen LogP contribution is -2.35. The second-order valence-electron chi connectivity index (χ2n) is 7.12. The quantitative estimate of drug-likeness (QED) is 0.319. The summed E-state index contributed by atoms with van der Waals surface area (Å²) in [6, 6.07) is 3.95. The van der Waals surface area contributed by atoms with Crippen molar-refractivity contribution in [3.63, 3.8) is 0 Å². The second kappa shape index (κ2) is 8.38. The molecule has 3 heterocycles. The maximum atomic E-state index is 13.8. The molecule has 0 saturated carbocycles. The van der Waals surface area contributed by atoms with E-state index >= 15 is 0 Å². The van der Waals surface area contributed by atoms with E-state index in [0.29, 0.717) is 15.4 Å². The molecule has 4 rings (SSSR count). The van der Waals surface area contributed by atoms with E-state index in [0.717, 1.165) is 12.1 Å². The number of furan rings is 1. The number of nitrogens with one attached hydrogen (secondary N) is 2. The number of alkyl halides is 6. The lowest BCUT2D eigenvalue weighted by Gasteiger charge is -2.32. The predicted octanol–water partition coefficient (Wildman–Crippen LogP) is 6.93. The van der Waals surface area contributed by atoms with E-state index in [1.165, 1.54) is 18.2 Å². The van der Waals surface area contributed by atoms with E-state index in [2.05, 4.69) is 47.6 Å². The van der Waals surface area contributed by atoms with Crippen molar-refractivity contribution in [2.45, 2.75) is 30.9 Å². The van der Waals surface area contributed by atoms with Crippen LogP contribution in [0.4, 0.5) is 37.8 Å². The third-order valence-corrected chi connectivity index (χ3v) is 6.07.